The van der Waals surface area contributed by atoms with E-state index in [4.69, 9.17) is 16.0 Å². The van der Waals surface area contributed by atoms with Gasteiger partial charge in [0.15, 0.2) is 0 Å². The van der Waals surface area contributed by atoms with Crippen LogP contribution in [0.4, 0.5) is 14.5 Å². The van der Waals surface area contributed by atoms with E-state index in [9.17, 15) is 17.2 Å². The molecule has 170 valence electrons. The van der Waals surface area contributed by atoms with Crippen LogP contribution in [0.1, 0.15) is 30.9 Å². The Morgan fingerprint density at radius 1 is 1.19 bits per heavy atom. The number of rotatable bonds is 7. The van der Waals surface area contributed by atoms with Crippen LogP contribution in [-0.4, -0.2) is 41.9 Å². The summed E-state index contributed by atoms with van der Waals surface area (Å²) in [6.45, 7) is 1.25. The molecule has 1 saturated heterocycles. The normalized spacial score (nSPS) is 15.2. The largest absolute Gasteiger partial charge is 0.415 e. The highest BCUT2D eigenvalue weighted by atomic mass is 35.5. The van der Waals surface area contributed by atoms with E-state index in [2.05, 4.69) is 20.5 Å². The smallest absolute Gasteiger partial charge is 0.314 e. The summed E-state index contributed by atoms with van der Waals surface area (Å²) in [5, 5.41) is 9.96. The average Bonchev–Trinajstić information content (AvgIpc) is 3.29. The van der Waals surface area contributed by atoms with Gasteiger partial charge in [-0.1, -0.05) is 17.7 Å². The fourth-order valence-corrected chi connectivity index (χ4v) is 5.56. The van der Waals surface area contributed by atoms with Crippen LogP contribution >= 0.6 is 11.6 Å². The summed E-state index contributed by atoms with van der Waals surface area (Å²) in [4.78, 5) is 4.29. The Labute approximate surface area is 188 Å². The molecule has 0 radical (unpaired) electrons. The summed E-state index contributed by atoms with van der Waals surface area (Å²) in [6, 6.07) is 9.80. The van der Waals surface area contributed by atoms with E-state index in [1.54, 1.807) is 36.4 Å². The Balaban J connectivity index is 1.62. The average molecular weight is 484 g/mol. The van der Waals surface area contributed by atoms with E-state index in [1.165, 1.54) is 10.5 Å². The van der Waals surface area contributed by atoms with Crippen molar-refractivity contribution in [2.45, 2.75) is 31.1 Å². The molecule has 3 aromatic rings. The van der Waals surface area contributed by atoms with E-state index < -0.39 is 27.6 Å². The Morgan fingerprint density at radius 2 is 1.97 bits per heavy atom. The fraction of sp³-hybridized carbons (Fsp3) is 0.350. The van der Waals surface area contributed by atoms with Crippen molar-refractivity contribution in [1.29, 1.82) is 0 Å². The molecule has 1 aliphatic rings. The van der Waals surface area contributed by atoms with Gasteiger partial charge in [0, 0.05) is 11.2 Å². The number of sulfonamides is 1. The number of hydrogen-bond acceptors (Lipinski definition) is 7. The van der Waals surface area contributed by atoms with E-state index in [0.717, 1.165) is 0 Å². The second-order valence-electron chi connectivity index (χ2n) is 7.27. The molecule has 0 bridgehead atoms. The molecule has 0 unspecified atom stereocenters. The van der Waals surface area contributed by atoms with Gasteiger partial charge in [-0.25, -0.2) is 8.42 Å². The van der Waals surface area contributed by atoms with Crippen molar-refractivity contribution in [3.63, 3.8) is 0 Å². The van der Waals surface area contributed by atoms with Gasteiger partial charge in [-0.3, -0.25) is 9.29 Å². The lowest BCUT2D eigenvalue weighted by Gasteiger charge is -2.31. The Bertz CT molecular complexity index is 1170. The quantitative estimate of drug-likeness (QED) is 0.545. The van der Waals surface area contributed by atoms with Gasteiger partial charge in [-0.05, 0) is 56.3 Å². The summed E-state index contributed by atoms with van der Waals surface area (Å²) in [7, 11) is -3.69. The van der Waals surface area contributed by atoms with Crippen molar-refractivity contribution < 1.29 is 21.6 Å². The van der Waals surface area contributed by atoms with E-state index in [1.807, 2.05) is 0 Å². The van der Waals surface area contributed by atoms with Gasteiger partial charge in [-0.15, -0.1) is 10.2 Å². The maximum atomic E-state index is 13.5. The molecule has 1 fully saturated rings. The number of nitrogens with zero attached hydrogens (tertiary/aromatic N) is 4. The summed E-state index contributed by atoms with van der Waals surface area (Å²) in [5.74, 6) is -0.863. The van der Waals surface area contributed by atoms with Crippen LogP contribution < -0.4 is 9.62 Å². The maximum Gasteiger partial charge on any atom is 0.314 e. The van der Waals surface area contributed by atoms with Gasteiger partial charge in [0.1, 0.15) is 0 Å². The SMILES string of the molecule is O=S(=O)(C1CCNCC1)N(Cc1ccc(-c2nnc(C(F)F)o2)cn1)c1cccc(Cl)c1. The second kappa shape index (κ2) is 9.47. The van der Waals surface area contributed by atoms with Gasteiger partial charge in [-0.2, -0.15) is 8.78 Å². The molecule has 0 spiro atoms. The highest BCUT2D eigenvalue weighted by molar-refractivity contribution is 7.93. The number of benzene rings is 1. The molecule has 0 saturated carbocycles. The van der Waals surface area contributed by atoms with Gasteiger partial charge >= 0.3 is 6.43 Å². The van der Waals surface area contributed by atoms with Crippen LogP contribution in [0, 0.1) is 0 Å². The Kier molecular flexibility index (Phi) is 6.68. The minimum absolute atomic E-state index is 0.0149. The second-order valence-corrected chi connectivity index (χ2v) is 9.84. The molecule has 12 heteroatoms. The van der Waals surface area contributed by atoms with Gasteiger partial charge in [0.05, 0.1) is 28.7 Å². The van der Waals surface area contributed by atoms with Gasteiger partial charge in [0.2, 0.25) is 15.9 Å². The molecule has 4 rings (SSSR count). The van der Waals surface area contributed by atoms with Gasteiger partial charge in [0.25, 0.3) is 5.89 Å². The van der Waals surface area contributed by atoms with Gasteiger partial charge < -0.3 is 9.73 Å². The molecular weight excluding hydrogens is 464 g/mol. The van der Waals surface area contributed by atoms with Crippen LogP contribution in [0.5, 0.6) is 0 Å². The highest BCUT2D eigenvalue weighted by Gasteiger charge is 2.33. The lowest BCUT2D eigenvalue weighted by molar-refractivity contribution is 0.116. The zero-order chi connectivity index (χ0) is 22.7. The molecule has 1 aromatic carbocycles. The predicted molar refractivity (Wildman–Crippen MR) is 115 cm³/mol. The van der Waals surface area contributed by atoms with E-state index in [-0.39, 0.29) is 12.4 Å². The van der Waals surface area contributed by atoms with E-state index in [0.29, 0.717) is 47.9 Å². The van der Waals surface area contributed by atoms with Crippen LogP contribution in [0.2, 0.25) is 5.02 Å². The molecule has 2 aromatic heterocycles. The number of hydrogen-bond donors (Lipinski definition) is 1. The number of pyridine rings is 1. The third-order valence-electron chi connectivity index (χ3n) is 5.12. The van der Waals surface area contributed by atoms with Crippen molar-refractivity contribution in [2.75, 3.05) is 17.4 Å². The number of piperidine rings is 1. The molecule has 1 N–H and O–H groups in total. The number of halogens is 3. The van der Waals surface area contributed by atoms with Crippen LogP contribution in [0.25, 0.3) is 11.5 Å². The minimum Gasteiger partial charge on any atom is -0.415 e. The number of aromatic nitrogens is 3. The van der Waals surface area contributed by atoms with Crippen molar-refractivity contribution in [2.24, 2.45) is 0 Å². The first-order valence-electron chi connectivity index (χ1n) is 9.89. The summed E-state index contributed by atoms with van der Waals surface area (Å²) >= 11 is 6.12. The number of anilines is 1. The standard InChI is InChI=1S/C20H20ClF2N5O3S/c21-14-2-1-3-16(10-14)28(32(29,30)17-6-8-24-9-7-17)12-15-5-4-13(11-25-15)19-26-27-20(31-19)18(22)23/h1-5,10-11,17-18,24H,6-9,12H2. The molecule has 32 heavy (non-hydrogen) atoms. The zero-order valence-electron chi connectivity index (χ0n) is 16.8. The third-order valence-corrected chi connectivity index (χ3v) is 7.62. The lowest BCUT2D eigenvalue weighted by atomic mass is 10.2. The first kappa shape index (κ1) is 22.6. The first-order valence-corrected chi connectivity index (χ1v) is 11.8. The monoisotopic (exact) mass is 483 g/mol. The molecule has 0 aliphatic carbocycles. The van der Waals surface area contributed by atoms with E-state index >= 15 is 0 Å². The van der Waals surface area contributed by atoms with Crippen molar-refractivity contribution >= 4 is 27.3 Å². The predicted octanol–water partition coefficient (Wildman–Crippen LogP) is 3.81. The van der Waals surface area contributed by atoms with Crippen molar-refractivity contribution in [1.82, 2.24) is 20.5 Å². The third kappa shape index (κ3) is 4.89. The minimum atomic E-state index is -3.69. The van der Waals surface area contributed by atoms with Crippen molar-refractivity contribution in [3.8, 4) is 11.5 Å². The lowest BCUT2D eigenvalue weighted by Crippen LogP contribution is -2.44. The number of alkyl halides is 2. The van der Waals surface area contributed by atoms with Crippen LogP contribution in [-0.2, 0) is 16.6 Å². The molecular formula is C20H20ClF2N5O3S. The fourth-order valence-electron chi connectivity index (χ4n) is 3.46. The first-order chi connectivity index (χ1) is 15.3. The topological polar surface area (TPSA) is 101 Å². The summed E-state index contributed by atoms with van der Waals surface area (Å²) in [6.07, 6.45) is -0.467. The molecule has 1 aliphatic heterocycles. The van der Waals surface area contributed by atoms with Crippen LogP contribution in [0.15, 0.2) is 47.0 Å². The Hall–Kier alpha value is -2.63. The molecule has 0 amide bonds. The maximum absolute atomic E-state index is 13.5. The molecule has 8 nitrogen and oxygen atoms in total. The van der Waals surface area contributed by atoms with Crippen molar-refractivity contribution in [3.05, 3.63) is 59.2 Å². The Morgan fingerprint density at radius 3 is 2.59 bits per heavy atom. The summed E-state index contributed by atoms with van der Waals surface area (Å²) in [5.41, 5.74) is 1.25. The summed E-state index contributed by atoms with van der Waals surface area (Å²) < 4.78 is 58.5. The molecule has 3 heterocycles. The number of nitrogens with one attached hydrogen (secondary N) is 1. The zero-order valence-corrected chi connectivity index (χ0v) is 18.4. The van der Waals surface area contributed by atoms with Crippen LogP contribution in [0.3, 0.4) is 0 Å². The molecule has 0 atom stereocenters. The highest BCUT2D eigenvalue weighted by Crippen LogP contribution is 2.29.